The number of aliphatic hydroxyl groups is 2. The first-order valence-corrected chi connectivity index (χ1v) is 12.1. The Kier molecular flexibility index (Phi) is 8.65. The van der Waals surface area contributed by atoms with Crippen LogP contribution in [0.15, 0.2) is 43.0 Å². The molecule has 0 amide bonds. The molecule has 1 aromatic heterocycles. The molecule has 7 nitrogen and oxygen atoms in total. The molecular weight excluding hydrogens is 433 g/mol. The summed E-state index contributed by atoms with van der Waals surface area (Å²) < 4.78 is 38.7. The van der Waals surface area contributed by atoms with Gasteiger partial charge in [-0.3, -0.25) is 0 Å². The van der Waals surface area contributed by atoms with E-state index in [0.29, 0.717) is 28.9 Å². The highest BCUT2D eigenvalue weighted by molar-refractivity contribution is 7.92. The lowest BCUT2D eigenvalue weighted by molar-refractivity contribution is 0.106. The van der Waals surface area contributed by atoms with E-state index in [-0.39, 0.29) is 18.3 Å². The summed E-state index contributed by atoms with van der Waals surface area (Å²) in [7, 11) is -2.24. The Bertz CT molecular complexity index is 1070. The van der Waals surface area contributed by atoms with Gasteiger partial charge in [-0.1, -0.05) is 32.1 Å². The van der Waals surface area contributed by atoms with Crippen LogP contribution in [-0.2, 0) is 10.0 Å². The van der Waals surface area contributed by atoms with Gasteiger partial charge in [0.2, 0.25) is 16.0 Å². The van der Waals surface area contributed by atoms with E-state index in [4.69, 9.17) is 0 Å². The molecule has 1 heterocycles. The van der Waals surface area contributed by atoms with Crippen molar-refractivity contribution in [2.75, 3.05) is 17.6 Å². The van der Waals surface area contributed by atoms with Crippen molar-refractivity contribution in [2.45, 2.75) is 44.8 Å². The van der Waals surface area contributed by atoms with Gasteiger partial charge in [-0.15, -0.1) is 6.58 Å². The zero-order valence-electron chi connectivity index (χ0n) is 18.7. The van der Waals surface area contributed by atoms with Crippen molar-refractivity contribution in [3.63, 3.8) is 0 Å². The third-order valence-electron chi connectivity index (χ3n) is 4.84. The molecule has 32 heavy (non-hydrogen) atoms. The molecule has 0 unspecified atom stereocenters. The lowest BCUT2D eigenvalue weighted by Gasteiger charge is -2.20. The molecule has 2 aromatic rings. The lowest BCUT2D eigenvalue weighted by Crippen LogP contribution is -2.27. The highest BCUT2D eigenvalue weighted by atomic mass is 32.2. The van der Waals surface area contributed by atoms with Crippen LogP contribution in [0.25, 0.3) is 17.3 Å². The van der Waals surface area contributed by atoms with Crippen LogP contribution in [0.5, 0.6) is 0 Å². The normalized spacial score (nSPS) is 14.0. The van der Waals surface area contributed by atoms with Crippen LogP contribution < -0.4 is 4.31 Å². The molecule has 9 heteroatoms. The minimum Gasteiger partial charge on any atom is -0.393 e. The molecular formula is C23H30FN3O4S. The fraction of sp³-hybridized carbons (Fsp3) is 0.391. The van der Waals surface area contributed by atoms with Gasteiger partial charge in [-0.25, -0.2) is 27.1 Å². The van der Waals surface area contributed by atoms with E-state index in [9.17, 15) is 23.0 Å². The summed E-state index contributed by atoms with van der Waals surface area (Å²) in [5, 5.41) is 20.2. The van der Waals surface area contributed by atoms with E-state index < -0.39 is 28.0 Å². The Labute approximate surface area is 189 Å². The number of aliphatic hydroxyl groups excluding tert-OH is 2. The molecule has 2 N–H and O–H groups in total. The summed E-state index contributed by atoms with van der Waals surface area (Å²) in [6.45, 7) is 7.38. The number of nitrogens with zero attached hydrogens (tertiary/aromatic N) is 3. The summed E-state index contributed by atoms with van der Waals surface area (Å²) in [4.78, 5) is 8.94. The fourth-order valence-electron chi connectivity index (χ4n) is 3.05. The maximum atomic E-state index is 13.5. The second-order valence-electron chi connectivity index (χ2n) is 7.90. The third kappa shape index (κ3) is 6.69. The first-order chi connectivity index (χ1) is 14.9. The number of benzene rings is 1. The number of anilines is 1. The smallest absolute Gasteiger partial charge is 0.239 e. The Morgan fingerprint density at radius 3 is 2.34 bits per heavy atom. The number of halogens is 1. The molecule has 0 aliphatic rings. The number of hydrogen-bond donors (Lipinski definition) is 2. The fourth-order valence-corrected chi connectivity index (χ4v) is 3.43. The van der Waals surface area contributed by atoms with Crippen LogP contribution in [0.4, 0.5) is 10.3 Å². The zero-order valence-corrected chi connectivity index (χ0v) is 19.6. The van der Waals surface area contributed by atoms with E-state index in [1.165, 1.54) is 25.3 Å². The van der Waals surface area contributed by atoms with Gasteiger partial charge < -0.3 is 10.2 Å². The van der Waals surface area contributed by atoms with Gasteiger partial charge >= 0.3 is 0 Å². The van der Waals surface area contributed by atoms with Crippen molar-refractivity contribution >= 4 is 22.0 Å². The molecule has 0 aliphatic carbocycles. The number of aromatic nitrogens is 2. The van der Waals surface area contributed by atoms with Crippen LogP contribution in [0, 0.1) is 5.82 Å². The third-order valence-corrected chi connectivity index (χ3v) is 6.00. The summed E-state index contributed by atoms with van der Waals surface area (Å²) >= 11 is 0. The van der Waals surface area contributed by atoms with Gasteiger partial charge in [0, 0.05) is 24.6 Å². The summed E-state index contributed by atoms with van der Waals surface area (Å²) in [5.74, 6) is -0.522. The first-order valence-electron chi connectivity index (χ1n) is 10.2. The van der Waals surface area contributed by atoms with Crippen molar-refractivity contribution in [1.82, 2.24) is 9.97 Å². The summed E-state index contributed by atoms with van der Waals surface area (Å²) in [6, 6.07) is 5.68. The second kappa shape index (κ2) is 10.8. The average molecular weight is 464 g/mol. The van der Waals surface area contributed by atoms with Gasteiger partial charge in [0.25, 0.3) is 0 Å². The average Bonchev–Trinajstić information content (AvgIpc) is 2.71. The number of sulfonamides is 1. The molecule has 1 aromatic carbocycles. The molecule has 2 atom stereocenters. The highest BCUT2D eigenvalue weighted by Gasteiger charge is 2.22. The van der Waals surface area contributed by atoms with E-state index in [0.717, 1.165) is 10.6 Å². The van der Waals surface area contributed by atoms with E-state index in [1.54, 1.807) is 24.3 Å². The van der Waals surface area contributed by atoms with Crippen LogP contribution in [0.3, 0.4) is 0 Å². The van der Waals surface area contributed by atoms with Gasteiger partial charge in [-0.05, 0) is 36.6 Å². The van der Waals surface area contributed by atoms with Gasteiger partial charge in [0.05, 0.1) is 29.9 Å². The SMILES string of the molecule is C=CC[C@H](O)C[C@H](O)/C=C/c1c(-c2ccc(F)cc2)nc(N(C)S(C)(=O)=O)nc1C(C)C. The molecule has 0 spiro atoms. The van der Waals surface area contributed by atoms with Crippen LogP contribution in [-0.4, -0.2) is 54.1 Å². The number of hydrogen-bond acceptors (Lipinski definition) is 6. The van der Waals surface area contributed by atoms with E-state index in [2.05, 4.69) is 16.5 Å². The van der Waals surface area contributed by atoms with E-state index in [1.807, 2.05) is 13.8 Å². The lowest BCUT2D eigenvalue weighted by atomic mass is 9.97. The quantitative estimate of drug-likeness (QED) is 0.523. The van der Waals surface area contributed by atoms with Crippen molar-refractivity contribution in [3.8, 4) is 11.3 Å². The molecule has 0 fully saturated rings. The Morgan fingerprint density at radius 2 is 1.81 bits per heavy atom. The topological polar surface area (TPSA) is 104 Å². The molecule has 174 valence electrons. The Hall–Kier alpha value is -2.62. The van der Waals surface area contributed by atoms with Gasteiger partial charge in [-0.2, -0.15) is 0 Å². The van der Waals surface area contributed by atoms with Gasteiger partial charge in [0.1, 0.15) is 5.82 Å². The summed E-state index contributed by atoms with van der Waals surface area (Å²) in [5.41, 5.74) is 2.12. The maximum Gasteiger partial charge on any atom is 0.239 e. The van der Waals surface area contributed by atoms with Crippen molar-refractivity contribution in [1.29, 1.82) is 0 Å². The minimum atomic E-state index is -3.61. The Balaban J connectivity index is 2.65. The molecule has 0 saturated heterocycles. The Morgan fingerprint density at radius 1 is 1.19 bits per heavy atom. The number of rotatable bonds is 10. The minimum absolute atomic E-state index is 0.00497. The largest absolute Gasteiger partial charge is 0.393 e. The van der Waals surface area contributed by atoms with Crippen molar-refractivity contribution < 1.29 is 23.0 Å². The van der Waals surface area contributed by atoms with Crippen LogP contribution >= 0.6 is 0 Å². The standard InChI is InChI=1S/C23H30FN3O4S/c1-6-7-18(28)14-19(29)12-13-20-21(15(2)3)25-23(27(4)32(5,30)31)26-22(20)16-8-10-17(24)11-9-16/h6,8-13,15,18-19,28-29H,1,7,14H2,2-5H3/b13-12+/t18-,19+/m0/s1. The van der Waals surface area contributed by atoms with Gasteiger partial charge in [0.15, 0.2) is 0 Å². The predicted octanol–water partition coefficient (Wildman–Crippen LogP) is 3.50. The molecule has 0 saturated carbocycles. The predicted molar refractivity (Wildman–Crippen MR) is 125 cm³/mol. The second-order valence-corrected chi connectivity index (χ2v) is 9.92. The summed E-state index contributed by atoms with van der Waals surface area (Å²) in [6.07, 6.45) is 4.66. The maximum absolute atomic E-state index is 13.5. The van der Waals surface area contributed by atoms with E-state index >= 15 is 0 Å². The molecule has 0 radical (unpaired) electrons. The van der Waals surface area contributed by atoms with Crippen LogP contribution in [0.2, 0.25) is 0 Å². The molecule has 0 aliphatic heterocycles. The first kappa shape index (κ1) is 25.6. The zero-order chi connectivity index (χ0) is 24.1. The molecule has 0 bridgehead atoms. The van der Waals surface area contributed by atoms with Crippen molar-refractivity contribution in [3.05, 3.63) is 60.1 Å². The molecule has 2 rings (SSSR count). The van der Waals surface area contributed by atoms with Crippen LogP contribution in [0.1, 0.15) is 43.9 Å². The monoisotopic (exact) mass is 463 g/mol. The van der Waals surface area contributed by atoms with Crippen molar-refractivity contribution in [2.24, 2.45) is 0 Å². The highest BCUT2D eigenvalue weighted by Crippen LogP contribution is 2.31.